The summed E-state index contributed by atoms with van der Waals surface area (Å²) in [4.78, 5) is 13.2. The number of rotatable bonds is 3. The van der Waals surface area contributed by atoms with Gasteiger partial charge < -0.3 is 10.6 Å². The van der Waals surface area contributed by atoms with Crippen LogP contribution in [0.15, 0.2) is 29.2 Å². The minimum Gasteiger partial charge on any atom is -0.335 e. The van der Waals surface area contributed by atoms with Crippen LogP contribution in [0.3, 0.4) is 0 Å². The average Bonchev–Trinajstić information content (AvgIpc) is 2.42. The Kier molecular flexibility index (Phi) is 5.14. The molecule has 0 aliphatic heterocycles. The van der Waals surface area contributed by atoms with Crippen LogP contribution in [0, 0.1) is 5.92 Å². The van der Waals surface area contributed by atoms with Crippen molar-refractivity contribution in [2.75, 3.05) is 11.6 Å². The van der Waals surface area contributed by atoms with Gasteiger partial charge in [-0.2, -0.15) is 0 Å². The Balaban J connectivity index is 1.86. The molecule has 0 bridgehead atoms. The Hall–Kier alpha value is -1.16. The first-order valence-electron chi connectivity index (χ1n) is 6.90. The highest BCUT2D eigenvalue weighted by Gasteiger charge is 2.22. The summed E-state index contributed by atoms with van der Waals surface area (Å²) < 4.78 is 0. The summed E-state index contributed by atoms with van der Waals surface area (Å²) in [5, 5.41) is 5.99. The predicted molar refractivity (Wildman–Crippen MR) is 81.8 cm³/mol. The van der Waals surface area contributed by atoms with E-state index in [4.69, 9.17) is 0 Å². The minimum absolute atomic E-state index is 0.0874. The molecule has 0 saturated heterocycles. The summed E-state index contributed by atoms with van der Waals surface area (Å²) in [6.07, 6.45) is 6.86. The fourth-order valence-corrected chi connectivity index (χ4v) is 2.95. The minimum atomic E-state index is -0.0874. The zero-order valence-electron chi connectivity index (χ0n) is 11.6. The lowest BCUT2D eigenvalue weighted by molar-refractivity contribution is 0.232. The van der Waals surface area contributed by atoms with Crippen molar-refractivity contribution >= 4 is 23.5 Å². The van der Waals surface area contributed by atoms with E-state index in [0.29, 0.717) is 12.0 Å². The molecule has 1 aromatic rings. The summed E-state index contributed by atoms with van der Waals surface area (Å²) >= 11 is 1.70. The van der Waals surface area contributed by atoms with Crippen LogP contribution in [0.2, 0.25) is 0 Å². The Labute approximate surface area is 119 Å². The Morgan fingerprint density at radius 3 is 2.53 bits per heavy atom. The van der Waals surface area contributed by atoms with E-state index in [2.05, 4.69) is 17.6 Å². The second-order valence-electron chi connectivity index (χ2n) is 5.20. The summed E-state index contributed by atoms with van der Waals surface area (Å²) in [6, 6.07) is 8.15. The maximum absolute atomic E-state index is 12.0. The molecule has 2 unspecified atom stereocenters. The molecule has 1 aliphatic rings. The molecule has 0 spiro atoms. The molecule has 1 aromatic carbocycles. The van der Waals surface area contributed by atoms with Crippen LogP contribution < -0.4 is 10.6 Å². The van der Waals surface area contributed by atoms with Gasteiger partial charge in [0.1, 0.15) is 0 Å². The van der Waals surface area contributed by atoms with Crippen LogP contribution in [-0.2, 0) is 0 Å². The van der Waals surface area contributed by atoms with Gasteiger partial charge in [0.15, 0.2) is 0 Å². The number of benzene rings is 1. The van der Waals surface area contributed by atoms with E-state index in [1.54, 1.807) is 11.8 Å². The quantitative estimate of drug-likeness (QED) is 0.817. The smallest absolute Gasteiger partial charge is 0.319 e. The van der Waals surface area contributed by atoms with Gasteiger partial charge in [-0.3, -0.25) is 0 Å². The van der Waals surface area contributed by atoms with Crippen molar-refractivity contribution in [1.29, 1.82) is 0 Å². The zero-order valence-corrected chi connectivity index (χ0v) is 12.4. The fourth-order valence-electron chi connectivity index (χ4n) is 2.54. The number of urea groups is 1. The van der Waals surface area contributed by atoms with Gasteiger partial charge in [-0.05, 0) is 49.3 Å². The van der Waals surface area contributed by atoms with Crippen molar-refractivity contribution in [2.45, 2.75) is 43.5 Å². The molecule has 104 valence electrons. The standard InChI is InChI=1S/C15H22N2OS/c1-11-5-3-4-6-14(11)17-15(18)16-12-7-9-13(19-2)10-8-12/h7-11,14H,3-6H2,1-2H3,(H2,16,17,18). The molecular formula is C15H22N2OS. The number of hydrogen-bond acceptors (Lipinski definition) is 2. The lowest BCUT2D eigenvalue weighted by Crippen LogP contribution is -2.43. The molecule has 19 heavy (non-hydrogen) atoms. The number of thioether (sulfide) groups is 1. The molecule has 0 heterocycles. The van der Waals surface area contributed by atoms with E-state index in [1.165, 1.54) is 24.2 Å². The molecule has 1 saturated carbocycles. The highest BCUT2D eigenvalue weighted by molar-refractivity contribution is 7.98. The van der Waals surface area contributed by atoms with Gasteiger partial charge in [0.2, 0.25) is 0 Å². The lowest BCUT2D eigenvalue weighted by Gasteiger charge is -2.29. The van der Waals surface area contributed by atoms with Crippen molar-refractivity contribution in [3.8, 4) is 0 Å². The first kappa shape index (κ1) is 14.3. The van der Waals surface area contributed by atoms with Gasteiger partial charge in [0, 0.05) is 16.6 Å². The lowest BCUT2D eigenvalue weighted by atomic mass is 9.86. The third-order valence-corrected chi connectivity index (χ3v) is 4.52. The van der Waals surface area contributed by atoms with Crippen LogP contribution in [0.4, 0.5) is 10.5 Å². The van der Waals surface area contributed by atoms with E-state index in [9.17, 15) is 4.79 Å². The van der Waals surface area contributed by atoms with Gasteiger partial charge in [-0.15, -0.1) is 11.8 Å². The third kappa shape index (κ3) is 4.16. The molecule has 0 aromatic heterocycles. The molecule has 1 fully saturated rings. The zero-order chi connectivity index (χ0) is 13.7. The largest absolute Gasteiger partial charge is 0.335 e. The van der Waals surface area contributed by atoms with Gasteiger partial charge >= 0.3 is 6.03 Å². The van der Waals surface area contributed by atoms with Gasteiger partial charge in [-0.25, -0.2) is 4.79 Å². The highest BCUT2D eigenvalue weighted by atomic mass is 32.2. The van der Waals surface area contributed by atoms with Crippen molar-refractivity contribution in [3.05, 3.63) is 24.3 Å². The second-order valence-corrected chi connectivity index (χ2v) is 6.07. The van der Waals surface area contributed by atoms with E-state index < -0.39 is 0 Å². The van der Waals surface area contributed by atoms with Crippen LogP contribution >= 0.6 is 11.8 Å². The molecular weight excluding hydrogens is 256 g/mol. The van der Waals surface area contributed by atoms with Crippen molar-refractivity contribution in [1.82, 2.24) is 5.32 Å². The first-order valence-corrected chi connectivity index (χ1v) is 8.13. The first-order chi connectivity index (χ1) is 9.19. The molecule has 2 amide bonds. The van der Waals surface area contributed by atoms with Crippen molar-refractivity contribution in [3.63, 3.8) is 0 Å². The number of anilines is 1. The third-order valence-electron chi connectivity index (χ3n) is 3.78. The number of nitrogens with one attached hydrogen (secondary N) is 2. The Morgan fingerprint density at radius 2 is 1.89 bits per heavy atom. The van der Waals surface area contributed by atoms with Crippen molar-refractivity contribution in [2.24, 2.45) is 5.92 Å². The van der Waals surface area contributed by atoms with E-state index in [0.717, 1.165) is 12.1 Å². The summed E-state index contributed by atoms with van der Waals surface area (Å²) in [7, 11) is 0. The molecule has 2 atom stereocenters. The average molecular weight is 278 g/mol. The van der Waals surface area contributed by atoms with E-state index >= 15 is 0 Å². The maximum Gasteiger partial charge on any atom is 0.319 e. The molecule has 0 radical (unpaired) electrons. The Bertz CT molecular complexity index is 419. The monoisotopic (exact) mass is 278 g/mol. The summed E-state index contributed by atoms with van der Waals surface area (Å²) in [5.41, 5.74) is 0.846. The summed E-state index contributed by atoms with van der Waals surface area (Å²) in [6.45, 7) is 2.22. The molecule has 2 N–H and O–H groups in total. The van der Waals surface area contributed by atoms with Crippen LogP contribution in [0.1, 0.15) is 32.6 Å². The normalized spacial score (nSPS) is 22.8. The molecule has 4 heteroatoms. The molecule has 3 nitrogen and oxygen atoms in total. The van der Waals surface area contributed by atoms with E-state index in [-0.39, 0.29) is 6.03 Å². The van der Waals surface area contributed by atoms with Gasteiger partial charge in [0.05, 0.1) is 0 Å². The van der Waals surface area contributed by atoms with Gasteiger partial charge in [-0.1, -0.05) is 19.8 Å². The number of hydrogen-bond donors (Lipinski definition) is 2. The second kappa shape index (κ2) is 6.85. The van der Waals surface area contributed by atoms with E-state index in [1.807, 2.05) is 30.5 Å². The molecule has 2 rings (SSSR count). The number of carbonyl (C=O) groups is 1. The Morgan fingerprint density at radius 1 is 1.21 bits per heavy atom. The van der Waals surface area contributed by atoms with Crippen LogP contribution in [0.25, 0.3) is 0 Å². The van der Waals surface area contributed by atoms with Crippen LogP contribution in [-0.4, -0.2) is 18.3 Å². The maximum atomic E-state index is 12.0. The topological polar surface area (TPSA) is 41.1 Å². The van der Waals surface area contributed by atoms with Crippen LogP contribution in [0.5, 0.6) is 0 Å². The SMILES string of the molecule is CSc1ccc(NC(=O)NC2CCCCC2C)cc1. The molecule has 1 aliphatic carbocycles. The number of carbonyl (C=O) groups excluding carboxylic acids is 1. The number of amides is 2. The van der Waals surface area contributed by atoms with Gasteiger partial charge in [0.25, 0.3) is 0 Å². The highest BCUT2D eigenvalue weighted by Crippen LogP contribution is 2.24. The summed E-state index contributed by atoms with van der Waals surface area (Å²) in [5.74, 6) is 0.582. The fraction of sp³-hybridized carbons (Fsp3) is 0.533. The van der Waals surface area contributed by atoms with Crippen molar-refractivity contribution < 1.29 is 4.79 Å². The predicted octanol–water partition coefficient (Wildman–Crippen LogP) is 4.11.